The summed E-state index contributed by atoms with van der Waals surface area (Å²) in [6.07, 6.45) is 2.36. The van der Waals surface area contributed by atoms with Crippen LogP contribution in [0.25, 0.3) is 0 Å². The van der Waals surface area contributed by atoms with E-state index in [0.717, 1.165) is 12.8 Å². The zero-order valence-corrected chi connectivity index (χ0v) is 12.7. The summed E-state index contributed by atoms with van der Waals surface area (Å²) in [6, 6.07) is -0.739. The summed E-state index contributed by atoms with van der Waals surface area (Å²) in [7, 11) is 1.64. The highest BCUT2D eigenvalue weighted by Gasteiger charge is 2.36. The Hall–Kier alpha value is -1.14. The first-order valence-electron chi connectivity index (χ1n) is 7.29. The van der Waals surface area contributed by atoms with Crippen molar-refractivity contribution in [3.05, 3.63) is 0 Å². The number of hydrogen-bond donors (Lipinski definition) is 1. The molecule has 116 valence electrons. The van der Waals surface area contributed by atoms with E-state index >= 15 is 0 Å². The van der Waals surface area contributed by atoms with Crippen molar-refractivity contribution < 1.29 is 19.1 Å². The summed E-state index contributed by atoms with van der Waals surface area (Å²) in [5.74, 6) is -0.0345. The molecule has 0 aliphatic carbocycles. The number of carbonyl (C=O) groups excluding carboxylic acids is 2. The van der Waals surface area contributed by atoms with Gasteiger partial charge in [-0.1, -0.05) is 6.92 Å². The van der Waals surface area contributed by atoms with Crippen LogP contribution in [0.1, 0.15) is 33.1 Å². The summed E-state index contributed by atoms with van der Waals surface area (Å²) in [6.45, 7) is 6.12. The molecule has 2 atom stereocenters. The maximum absolute atomic E-state index is 12.1. The van der Waals surface area contributed by atoms with E-state index < -0.39 is 6.04 Å². The first kappa shape index (κ1) is 16.9. The second-order valence-electron chi connectivity index (χ2n) is 5.00. The number of methoxy groups -OCH3 is 1. The number of rotatable bonds is 9. The number of ether oxygens (including phenoxy) is 2. The molecule has 1 aliphatic heterocycles. The van der Waals surface area contributed by atoms with Crippen molar-refractivity contribution in [2.75, 3.05) is 33.5 Å². The Kier molecular flexibility index (Phi) is 7.54. The lowest BCUT2D eigenvalue weighted by Gasteiger charge is -2.37. The lowest BCUT2D eigenvalue weighted by atomic mass is 10.1. The maximum atomic E-state index is 12.1. The van der Waals surface area contributed by atoms with Crippen LogP contribution in [0, 0.1) is 0 Å². The fourth-order valence-electron chi connectivity index (χ4n) is 2.32. The molecule has 0 aromatic rings. The van der Waals surface area contributed by atoms with Gasteiger partial charge in [0.15, 0.2) is 0 Å². The average Bonchev–Trinajstić information content (AvgIpc) is 2.43. The minimum absolute atomic E-state index is 0.0109. The van der Waals surface area contributed by atoms with Crippen LogP contribution in [0.3, 0.4) is 0 Å². The Morgan fingerprint density at radius 2 is 1.95 bits per heavy atom. The minimum Gasteiger partial charge on any atom is -0.382 e. The SMILES string of the molecule is CCC1C(=O)NC(C)C(=O)N1CCCCOCCOC. The molecule has 1 heterocycles. The molecule has 0 bridgehead atoms. The van der Waals surface area contributed by atoms with Crippen molar-refractivity contribution in [3.8, 4) is 0 Å². The van der Waals surface area contributed by atoms with Gasteiger partial charge in [-0.05, 0) is 26.2 Å². The number of carbonyl (C=O) groups is 2. The van der Waals surface area contributed by atoms with Gasteiger partial charge in [0.2, 0.25) is 11.8 Å². The van der Waals surface area contributed by atoms with Gasteiger partial charge in [0.1, 0.15) is 12.1 Å². The van der Waals surface area contributed by atoms with Gasteiger partial charge >= 0.3 is 0 Å². The molecule has 1 N–H and O–H groups in total. The molecular weight excluding hydrogens is 260 g/mol. The number of piperazine rings is 1. The molecule has 0 saturated carbocycles. The standard InChI is InChI=1S/C14H26N2O4/c1-4-12-13(17)15-11(2)14(18)16(12)7-5-6-8-20-10-9-19-3/h11-12H,4-10H2,1-3H3,(H,15,17). The van der Waals surface area contributed by atoms with Gasteiger partial charge in [0.05, 0.1) is 13.2 Å². The monoisotopic (exact) mass is 286 g/mol. The lowest BCUT2D eigenvalue weighted by Crippen LogP contribution is -2.62. The Bertz CT molecular complexity index is 322. The van der Waals surface area contributed by atoms with E-state index in [1.807, 2.05) is 6.92 Å². The van der Waals surface area contributed by atoms with Crippen molar-refractivity contribution in [3.63, 3.8) is 0 Å². The highest BCUT2D eigenvalue weighted by atomic mass is 16.5. The largest absolute Gasteiger partial charge is 0.382 e. The van der Waals surface area contributed by atoms with E-state index in [2.05, 4.69) is 5.32 Å². The molecule has 0 radical (unpaired) electrons. The third kappa shape index (κ3) is 4.76. The van der Waals surface area contributed by atoms with Gasteiger partial charge in [-0.25, -0.2) is 0 Å². The van der Waals surface area contributed by atoms with Crippen molar-refractivity contribution in [1.29, 1.82) is 0 Å². The van der Waals surface area contributed by atoms with Crippen LogP contribution in [-0.4, -0.2) is 62.3 Å². The van der Waals surface area contributed by atoms with Crippen molar-refractivity contribution in [1.82, 2.24) is 10.2 Å². The summed E-state index contributed by atoms with van der Waals surface area (Å²) >= 11 is 0. The third-order valence-electron chi connectivity index (χ3n) is 3.45. The Morgan fingerprint density at radius 3 is 2.60 bits per heavy atom. The number of unbranched alkanes of at least 4 members (excludes halogenated alkanes) is 1. The Balaban J connectivity index is 2.31. The Labute approximate surface area is 120 Å². The lowest BCUT2D eigenvalue weighted by molar-refractivity contribution is -0.149. The predicted octanol–water partition coefficient (Wildman–Crippen LogP) is 0.555. The van der Waals surface area contributed by atoms with Crippen LogP contribution in [0.2, 0.25) is 0 Å². The van der Waals surface area contributed by atoms with E-state index in [4.69, 9.17) is 9.47 Å². The van der Waals surface area contributed by atoms with Crippen LogP contribution in [0.5, 0.6) is 0 Å². The summed E-state index contributed by atoms with van der Waals surface area (Å²) in [4.78, 5) is 25.7. The summed E-state index contributed by atoms with van der Waals surface area (Å²) < 4.78 is 10.3. The molecule has 1 aliphatic rings. The first-order valence-corrected chi connectivity index (χ1v) is 7.29. The predicted molar refractivity (Wildman–Crippen MR) is 75.3 cm³/mol. The highest BCUT2D eigenvalue weighted by molar-refractivity contribution is 5.96. The molecule has 6 heteroatoms. The average molecular weight is 286 g/mol. The van der Waals surface area contributed by atoms with E-state index in [1.54, 1.807) is 18.9 Å². The fraction of sp³-hybridized carbons (Fsp3) is 0.857. The number of hydrogen-bond acceptors (Lipinski definition) is 4. The van der Waals surface area contributed by atoms with Crippen molar-refractivity contribution >= 4 is 11.8 Å². The number of nitrogens with zero attached hydrogens (tertiary/aromatic N) is 1. The second-order valence-corrected chi connectivity index (χ2v) is 5.00. The van der Waals surface area contributed by atoms with Crippen LogP contribution in [-0.2, 0) is 19.1 Å². The first-order chi connectivity index (χ1) is 9.61. The molecule has 2 unspecified atom stereocenters. The van der Waals surface area contributed by atoms with E-state index in [0.29, 0.717) is 32.8 Å². The second kappa shape index (κ2) is 8.92. The molecule has 0 spiro atoms. The van der Waals surface area contributed by atoms with Crippen LogP contribution in [0.15, 0.2) is 0 Å². The van der Waals surface area contributed by atoms with Crippen molar-refractivity contribution in [2.24, 2.45) is 0 Å². The molecule has 6 nitrogen and oxygen atoms in total. The van der Waals surface area contributed by atoms with Crippen molar-refractivity contribution in [2.45, 2.75) is 45.2 Å². The summed E-state index contributed by atoms with van der Waals surface area (Å²) in [5.41, 5.74) is 0. The smallest absolute Gasteiger partial charge is 0.245 e. The molecule has 1 saturated heterocycles. The normalized spacial score (nSPS) is 23.1. The minimum atomic E-state index is -0.414. The molecule has 0 aromatic heterocycles. The zero-order chi connectivity index (χ0) is 15.0. The quantitative estimate of drug-likeness (QED) is 0.629. The Morgan fingerprint density at radius 1 is 1.20 bits per heavy atom. The van der Waals surface area contributed by atoms with Crippen LogP contribution in [0.4, 0.5) is 0 Å². The zero-order valence-electron chi connectivity index (χ0n) is 12.7. The van der Waals surface area contributed by atoms with Gasteiger partial charge in [0, 0.05) is 20.3 Å². The number of nitrogens with one attached hydrogen (secondary N) is 1. The van der Waals surface area contributed by atoms with Crippen LogP contribution < -0.4 is 5.32 Å². The molecular formula is C14H26N2O4. The molecule has 1 rings (SSSR count). The van der Waals surface area contributed by atoms with Crippen LogP contribution >= 0.6 is 0 Å². The fourth-order valence-corrected chi connectivity index (χ4v) is 2.32. The summed E-state index contributed by atoms with van der Waals surface area (Å²) in [5, 5.41) is 2.72. The van der Waals surface area contributed by atoms with Gasteiger partial charge < -0.3 is 19.7 Å². The molecule has 2 amide bonds. The molecule has 20 heavy (non-hydrogen) atoms. The maximum Gasteiger partial charge on any atom is 0.245 e. The highest BCUT2D eigenvalue weighted by Crippen LogP contribution is 2.14. The van der Waals surface area contributed by atoms with Gasteiger partial charge in [-0.3, -0.25) is 9.59 Å². The molecule has 0 aromatic carbocycles. The van der Waals surface area contributed by atoms with E-state index in [1.165, 1.54) is 0 Å². The van der Waals surface area contributed by atoms with Gasteiger partial charge in [-0.15, -0.1) is 0 Å². The third-order valence-corrected chi connectivity index (χ3v) is 3.45. The topological polar surface area (TPSA) is 67.9 Å². The van der Waals surface area contributed by atoms with E-state index in [-0.39, 0.29) is 17.9 Å². The van der Waals surface area contributed by atoms with E-state index in [9.17, 15) is 9.59 Å². The van der Waals surface area contributed by atoms with Gasteiger partial charge in [-0.2, -0.15) is 0 Å². The number of amides is 2. The molecule has 1 fully saturated rings. The van der Waals surface area contributed by atoms with Gasteiger partial charge in [0.25, 0.3) is 0 Å².